The zero-order valence-electron chi connectivity index (χ0n) is 13.3. The van der Waals surface area contributed by atoms with E-state index in [2.05, 4.69) is 26.1 Å². The molecule has 0 aromatic heterocycles. The van der Waals surface area contributed by atoms with Crippen LogP contribution in [0.15, 0.2) is 0 Å². The minimum absolute atomic E-state index is 0.00907. The molecule has 5 nitrogen and oxygen atoms in total. The maximum Gasteiger partial charge on any atom is 0.317 e. The number of amides is 2. The predicted molar refractivity (Wildman–Crippen MR) is 78.6 cm³/mol. The number of hydrogen-bond donors (Lipinski definition) is 2. The molecule has 0 aliphatic heterocycles. The summed E-state index contributed by atoms with van der Waals surface area (Å²) in [4.78, 5) is 25.2. The first-order valence-electron chi connectivity index (χ1n) is 7.40. The summed E-state index contributed by atoms with van der Waals surface area (Å²) in [5, 5.41) is 12.1. The number of carbonyl (C=O) groups excluding carboxylic acids is 1. The summed E-state index contributed by atoms with van der Waals surface area (Å²) in [6, 6.07) is -0.344. The van der Waals surface area contributed by atoms with Crippen molar-refractivity contribution in [1.82, 2.24) is 10.2 Å². The molecule has 2 N–H and O–H groups in total. The first kappa shape index (κ1) is 16.8. The molecule has 0 spiro atoms. The molecular weight excluding hydrogens is 256 g/mol. The highest BCUT2D eigenvalue weighted by atomic mass is 16.4. The quantitative estimate of drug-likeness (QED) is 0.837. The van der Waals surface area contributed by atoms with Crippen molar-refractivity contribution >= 4 is 12.0 Å². The molecule has 0 aromatic rings. The molecule has 0 saturated heterocycles. The first-order valence-corrected chi connectivity index (χ1v) is 7.40. The van der Waals surface area contributed by atoms with Crippen LogP contribution in [-0.2, 0) is 4.79 Å². The summed E-state index contributed by atoms with van der Waals surface area (Å²) in [6.07, 6.45) is 3.31. The third kappa shape index (κ3) is 4.12. The number of urea groups is 1. The molecule has 3 unspecified atom stereocenters. The van der Waals surface area contributed by atoms with E-state index >= 15 is 0 Å². The van der Waals surface area contributed by atoms with Gasteiger partial charge in [-0.2, -0.15) is 0 Å². The molecule has 1 aliphatic carbocycles. The van der Waals surface area contributed by atoms with Crippen molar-refractivity contribution in [2.45, 2.75) is 65.5 Å². The number of hydrogen-bond acceptors (Lipinski definition) is 2. The molecule has 1 rings (SSSR count). The predicted octanol–water partition coefficient (Wildman–Crippen LogP) is 2.71. The topological polar surface area (TPSA) is 69.6 Å². The van der Waals surface area contributed by atoms with Gasteiger partial charge >= 0.3 is 12.0 Å². The Morgan fingerprint density at radius 1 is 1.25 bits per heavy atom. The Morgan fingerprint density at radius 2 is 1.80 bits per heavy atom. The van der Waals surface area contributed by atoms with Crippen LogP contribution in [-0.4, -0.2) is 41.1 Å². The maximum atomic E-state index is 12.3. The number of nitrogens with one attached hydrogen (secondary N) is 1. The van der Waals surface area contributed by atoms with Crippen molar-refractivity contribution in [2.75, 3.05) is 7.05 Å². The van der Waals surface area contributed by atoms with Gasteiger partial charge in [0.15, 0.2) is 0 Å². The second kappa shape index (κ2) is 6.46. The van der Waals surface area contributed by atoms with Gasteiger partial charge in [0.25, 0.3) is 0 Å². The summed E-state index contributed by atoms with van der Waals surface area (Å²) in [6.45, 7) is 8.27. The van der Waals surface area contributed by atoms with Gasteiger partial charge in [-0.1, -0.05) is 33.6 Å². The van der Waals surface area contributed by atoms with Crippen molar-refractivity contribution in [3.8, 4) is 0 Å². The fourth-order valence-electron chi connectivity index (χ4n) is 2.62. The molecule has 5 heteroatoms. The maximum absolute atomic E-state index is 12.3. The van der Waals surface area contributed by atoms with E-state index in [9.17, 15) is 14.7 Å². The van der Waals surface area contributed by atoms with Crippen molar-refractivity contribution in [3.05, 3.63) is 0 Å². The van der Waals surface area contributed by atoms with E-state index in [0.717, 1.165) is 19.3 Å². The molecule has 1 saturated carbocycles. The minimum Gasteiger partial charge on any atom is -0.481 e. The largest absolute Gasteiger partial charge is 0.481 e. The lowest BCUT2D eigenvalue weighted by Crippen LogP contribution is -2.53. The summed E-state index contributed by atoms with van der Waals surface area (Å²) in [5.41, 5.74) is -0.00907. The standard InChI is InChI=1S/C15H28N2O3/c1-10(15(2,3)4)17(5)14(20)16-12-9-7-6-8-11(12)13(18)19/h10-12H,6-9H2,1-5H3,(H,16,20)(H,18,19). The lowest BCUT2D eigenvalue weighted by Gasteiger charge is -2.37. The highest BCUT2D eigenvalue weighted by Crippen LogP contribution is 2.26. The highest BCUT2D eigenvalue weighted by molar-refractivity contribution is 5.77. The lowest BCUT2D eigenvalue weighted by atomic mass is 9.84. The average molecular weight is 284 g/mol. The number of nitrogens with zero attached hydrogens (tertiary/aromatic N) is 1. The van der Waals surface area contributed by atoms with E-state index in [1.54, 1.807) is 11.9 Å². The van der Waals surface area contributed by atoms with E-state index in [1.807, 2.05) is 6.92 Å². The Bertz CT molecular complexity index is 363. The first-order chi connectivity index (χ1) is 9.14. The monoisotopic (exact) mass is 284 g/mol. The average Bonchev–Trinajstić information content (AvgIpc) is 2.36. The fourth-order valence-corrected chi connectivity index (χ4v) is 2.62. The van der Waals surface area contributed by atoms with Gasteiger partial charge in [0.1, 0.15) is 0 Å². The van der Waals surface area contributed by atoms with E-state index < -0.39 is 11.9 Å². The van der Waals surface area contributed by atoms with Crippen LogP contribution < -0.4 is 5.32 Å². The number of rotatable bonds is 3. The molecule has 20 heavy (non-hydrogen) atoms. The normalized spacial score (nSPS) is 24.9. The van der Waals surface area contributed by atoms with Crippen molar-refractivity contribution < 1.29 is 14.7 Å². The van der Waals surface area contributed by atoms with Crippen LogP contribution in [0.3, 0.4) is 0 Å². The Hall–Kier alpha value is -1.26. The van der Waals surface area contributed by atoms with E-state index in [4.69, 9.17) is 0 Å². The number of aliphatic carboxylic acids is 1. The van der Waals surface area contributed by atoms with Crippen molar-refractivity contribution in [3.63, 3.8) is 0 Å². The summed E-state index contributed by atoms with van der Waals surface area (Å²) < 4.78 is 0. The Morgan fingerprint density at radius 3 is 2.30 bits per heavy atom. The van der Waals surface area contributed by atoms with Crippen LogP contribution in [0.5, 0.6) is 0 Å². The Balaban J connectivity index is 2.66. The van der Waals surface area contributed by atoms with Crippen molar-refractivity contribution in [2.24, 2.45) is 11.3 Å². The van der Waals surface area contributed by atoms with Gasteiger partial charge in [0.05, 0.1) is 5.92 Å². The second-order valence-electron chi connectivity index (χ2n) is 6.94. The smallest absolute Gasteiger partial charge is 0.317 e. The summed E-state index contributed by atoms with van der Waals surface area (Å²) >= 11 is 0. The SMILES string of the molecule is CC(N(C)C(=O)NC1CCCCC1C(=O)O)C(C)(C)C. The molecule has 0 bridgehead atoms. The van der Waals surface area contributed by atoms with Gasteiger partial charge in [-0.15, -0.1) is 0 Å². The molecular formula is C15H28N2O3. The molecule has 3 atom stereocenters. The van der Waals surface area contributed by atoms with E-state index in [-0.39, 0.29) is 23.5 Å². The van der Waals surface area contributed by atoms with E-state index in [0.29, 0.717) is 6.42 Å². The number of carboxylic acid groups (broad SMARTS) is 1. The molecule has 0 heterocycles. The molecule has 1 aliphatic rings. The molecule has 116 valence electrons. The zero-order chi connectivity index (χ0) is 15.5. The van der Waals surface area contributed by atoms with Crippen LogP contribution in [0, 0.1) is 11.3 Å². The Kier molecular flexibility index (Phi) is 5.42. The van der Waals surface area contributed by atoms with Gasteiger partial charge in [-0.3, -0.25) is 4.79 Å². The van der Waals surface area contributed by atoms with Crippen LogP contribution in [0.1, 0.15) is 53.4 Å². The molecule has 2 amide bonds. The minimum atomic E-state index is -0.804. The van der Waals surface area contributed by atoms with E-state index in [1.165, 1.54) is 0 Å². The van der Waals surface area contributed by atoms with Gasteiger partial charge in [-0.25, -0.2) is 4.79 Å². The van der Waals surface area contributed by atoms with Crippen LogP contribution >= 0.6 is 0 Å². The van der Waals surface area contributed by atoms with Crippen LogP contribution in [0.2, 0.25) is 0 Å². The number of carboxylic acids is 1. The highest BCUT2D eigenvalue weighted by Gasteiger charge is 2.34. The number of carbonyl (C=O) groups is 2. The summed E-state index contributed by atoms with van der Waals surface area (Å²) in [5.74, 6) is -1.26. The van der Waals surface area contributed by atoms with Gasteiger partial charge in [0, 0.05) is 19.1 Å². The summed E-state index contributed by atoms with van der Waals surface area (Å²) in [7, 11) is 1.77. The van der Waals surface area contributed by atoms with Crippen LogP contribution in [0.25, 0.3) is 0 Å². The third-order valence-electron chi connectivity index (χ3n) is 4.55. The molecule has 0 radical (unpaired) electrons. The molecule has 0 aromatic carbocycles. The van der Waals surface area contributed by atoms with Gasteiger partial charge in [-0.05, 0) is 25.2 Å². The van der Waals surface area contributed by atoms with Crippen molar-refractivity contribution in [1.29, 1.82) is 0 Å². The Labute approximate surface area is 121 Å². The molecule has 1 fully saturated rings. The third-order valence-corrected chi connectivity index (χ3v) is 4.55. The zero-order valence-corrected chi connectivity index (χ0v) is 13.3. The fraction of sp³-hybridized carbons (Fsp3) is 0.867. The van der Waals surface area contributed by atoms with Gasteiger partial charge in [0.2, 0.25) is 0 Å². The second-order valence-corrected chi connectivity index (χ2v) is 6.94. The van der Waals surface area contributed by atoms with Crippen LogP contribution in [0.4, 0.5) is 4.79 Å². The van der Waals surface area contributed by atoms with Gasteiger partial charge < -0.3 is 15.3 Å². The lowest BCUT2D eigenvalue weighted by molar-refractivity contribution is -0.143.